The number of rotatable bonds is 3. The summed E-state index contributed by atoms with van der Waals surface area (Å²) < 4.78 is 5.49. The van der Waals surface area contributed by atoms with Crippen LogP contribution in [-0.2, 0) is 11.8 Å². The summed E-state index contributed by atoms with van der Waals surface area (Å²) in [5, 5.41) is 3.39. The van der Waals surface area contributed by atoms with Gasteiger partial charge in [0.2, 0.25) is 0 Å². The van der Waals surface area contributed by atoms with Crippen LogP contribution in [0.15, 0.2) is 47.1 Å². The van der Waals surface area contributed by atoms with E-state index in [0.29, 0.717) is 0 Å². The Morgan fingerprint density at radius 3 is 2.71 bits per heavy atom. The van der Waals surface area contributed by atoms with Crippen molar-refractivity contribution in [2.24, 2.45) is 0 Å². The summed E-state index contributed by atoms with van der Waals surface area (Å²) in [5.41, 5.74) is 2.98. The third-order valence-electron chi connectivity index (χ3n) is 3.65. The molecule has 1 fully saturated rings. The second kappa shape index (κ2) is 4.04. The van der Waals surface area contributed by atoms with Crippen LogP contribution in [0.4, 0.5) is 0 Å². The average Bonchev–Trinajstić information content (AvgIpc) is 2.76. The zero-order valence-corrected chi connectivity index (χ0v) is 10.1. The zero-order chi connectivity index (χ0) is 11.7. The topological polar surface area (TPSA) is 25.2 Å². The van der Waals surface area contributed by atoms with Crippen LogP contribution in [0.25, 0.3) is 0 Å². The summed E-state index contributed by atoms with van der Waals surface area (Å²) in [6.45, 7) is 4.23. The van der Waals surface area contributed by atoms with Crippen LogP contribution in [-0.4, -0.2) is 13.1 Å². The molecule has 2 aromatic rings. The molecule has 2 nitrogen and oxygen atoms in total. The number of hydrogen-bond donors (Lipinski definition) is 1. The molecule has 1 aliphatic rings. The van der Waals surface area contributed by atoms with Gasteiger partial charge >= 0.3 is 0 Å². The molecule has 1 saturated heterocycles. The van der Waals surface area contributed by atoms with E-state index in [1.54, 1.807) is 6.26 Å². The van der Waals surface area contributed by atoms with E-state index in [0.717, 1.165) is 25.3 Å². The van der Waals surface area contributed by atoms with E-state index in [-0.39, 0.29) is 5.41 Å². The van der Waals surface area contributed by atoms with Gasteiger partial charge in [-0.2, -0.15) is 0 Å². The van der Waals surface area contributed by atoms with E-state index >= 15 is 0 Å². The van der Waals surface area contributed by atoms with Crippen molar-refractivity contribution in [3.05, 3.63) is 59.5 Å². The Balaban J connectivity index is 1.92. The highest BCUT2D eigenvalue weighted by molar-refractivity contribution is 5.34. The molecule has 0 saturated carbocycles. The molecule has 3 rings (SSSR count). The Hall–Kier alpha value is -1.54. The Morgan fingerprint density at radius 2 is 2.12 bits per heavy atom. The number of aryl methyl sites for hydroxylation is 1. The van der Waals surface area contributed by atoms with Crippen molar-refractivity contribution in [2.45, 2.75) is 18.8 Å². The number of furan rings is 1. The van der Waals surface area contributed by atoms with Crippen LogP contribution in [0, 0.1) is 6.92 Å². The minimum Gasteiger partial charge on any atom is -0.469 e. The van der Waals surface area contributed by atoms with Crippen LogP contribution < -0.4 is 5.32 Å². The highest BCUT2D eigenvalue weighted by Crippen LogP contribution is 2.33. The molecule has 1 aromatic heterocycles. The lowest BCUT2D eigenvalue weighted by molar-refractivity contribution is 0.258. The van der Waals surface area contributed by atoms with Crippen LogP contribution >= 0.6 is 0 Å². The molecule has 88 valence electrons. The maximum Gasteiger partial charge on any atom is 0.104 e. The van der Waals surface area contributed by atoms with Gasteiger partial charge in [-0.15, -0.1) is 0 Å². The van der Waals surface area contributed by atoms with Gasteiger partial charge in [-0.1, -0.05) is 29.8 Å². The number of nitrogens with one attached hydrogen (secondary N) is 1. The highest BCUT2D eigenvalue weighted by atomic mass is 16.3. The minimum absolute atomic E-state index is 0.226. The van der Waals surface area contributed by atoms with Crippen LogP contribution in [0.1, 0.15) is 16.9 Å². The molecule has 0 aliphatic carbocycles. The second-order valence-electron chi connectivity index (χ2n) is 5.01. The Labute approximate surface area is 102 Å². The molecule has 0 bridgehead atoms. The number of benzene rings is 1. The molecular weight excluding hydrogens is 210 g/mol. The van der Waals surface area contributed by atoms with E-state index in [2.05, 4.69) is 42.6 Å². The van der Waals surface area contributed by atoms with Gasteiger partial charge in [-0.25, -0.2) is 0 Å². The van der Waals surface area contributed by atoms with Crippen LogP contribution in [0.5, 0.6) is 0 Å². The summed E-state index contributed by atoms with van der Waals surface area (Å²) in [6, 6.07) is 12.9. The molecule has 17 heavy (non-hydrogen) atoms. The first-order valence-corrected chi connectivity index (χ1v) is 6.09. The van der Waals surface area contributed by atoms with Crippen molar-refractivity contribution in [3.8, 4) is 0 Å². The van der Waals surface area contributed by atoms with Crippen molar-refractivity contribution in [1.29, 1.82) is 0 Å². The predicted octanol–water partition coefficient (Wildman–Crippen LogP) is 2.67. The molecule has 0 unspecified atom stereocenters. The summed E-state index contributed by atoms with van der Waals surface area (Å²) in [7, 11) is 0. The summed E-state index contributed by atoms with van der Waals surface area (Å²) in [5.74, 6) is 1.08. The van der Waals surface area contributed by atoms with Crippen molar-refractivity contribution in [1.82, 2.24) is 5.32 Å². The lowest BCUT2D eigenvalue weighted by Crippen LogP contribution is -2.58. The SMILES string of the molecule is Cc1cccc(C2(Cc3ccco3)CNC2)c1. The normalized spacial score (nSPS) is 17.7. The molecule has 0 amide bonds. The molecule has 0 spiro atoms. The third kappa shape index (κ3) is 1.89. The largest absolute Gasteiger partial charge is 0.469 e. The van der Waals surface area contributed by atoms with Gasteiger partial charge in [0, 0.05) is 24.9 Å². The zero-order valence-electron chi connectivity index (χ0n) is 10.1. The third-order valence-corrected chi connectivity index (χ3v) is 3.65. The summed E-state index contributed by atoms with van der Waals surface area (Å²) >= 11 is 0. The average molecular weight is 227 g/mol. The van der Waals surface area contributed by atoms with Gasteiger partial charge in [0.1, 0.15) is 5.76 Å². The molecule has 1 aromatic carbocycles. The molecule has 0 atom stereocenters. The first kappa shape index (κ1) is 10.6. The lowest BCUT2D eigenvalue weighted by Gasteiger charge is -2.43. The molecule has 2 heterocycles. The Kier molecular flexibility index (Phi) is 2.52. The second-order valence-corrected chi connectivity index (χ2v) is 5.01. The maximum absolute atomic E-state index is 5.49. The lowest BCUT2D eigenvalue weighted by atomic mass is 9.72. The first-order chi connectivity index (χ1) is 8.28. The van der Waals surface area contributed by atoms with Crippen molar-refractivity contribution in [2.75, 3.05) is 13.1 Å². The fourth-order valence-electron chi connectivity index (χ4n) is 2.58. The fraction of sp³-hybridized carbons (Fsp3) is 0.333. The van der Waals surface area contributed by atoms with E-state index < -0.39 is 0 Å². The Morgan fingerprint density at radius 1 is 1.24 bits per heavy atom. The fourth-order valence-corrected chi connectivity index (χ4v) is 2.58. The molecule has 1 aliphatic heterocycles. The van der Waals surface area contributed by atoms with Crippen molar-refractivity contribution < 1.29 is 4.42 Å². The quantitative estimate of drug-likeness (QED) is 0.872. The van der Waals surface area contributed by atoms with E-state index in [4.69, 9.17) is 4.42 Å². The number of hydrogen-bond acceptors (Lipinski definition) is 2. The van der Waals surface area contributed by atoms with E-state index in [9.17, 15) is 0 Å². The van der Waals surface area contributed by atoms with Gasteiger partial charge in [-0.05, 0) is 24.6 Å². The summed E-state index contributed by atoms with van der Waals surface area (Å²) in [4.78, 5) is 0. The van der Waals surface area contributed by atoms with Crippen LogP contribution in [0.2, 0.25) is 0 Å². The first-order valence-electron chi connectivity index (χ1n) is 6.09. The maximum atomic E-state index is 5.49. The van der Waals surface area contributed by atoms with E-state index in [1.807, 2.05) is 6.07 Å². The van der Waals surface area contributed by atoms with Gasteiger partial charge < -0.3 is 9.73 Å². The molecule has 0 radical (unpaired) electrons. The molecule has 1 N–H and O–H groups in total. The Bertz CT molecular complexity index is 497. The van der Waals surface area contributed by atoms with Crippen molar-refractivity contribution >= 4 is 0 Å². The minimum atomic E-state index is 0.226. The van der Waals surface area contributed by atoms with Gasteiger partial charge in [0.25, 0.3) is 0 Å². The van der Waals surface area contributed by atoms with E-state index in [1.165, 1.54) is 11.1 Å². The van der Waals surface area contributed by atoms with Crippen LogP contribution in [0.3, 0.4) is 0 Å². The molecule has 2 heteroatoms. The van der Waals surface area contributed by atoms with Gasteiger partial charge in [-0.3, -0.25) is 0 Å². The highest BCUT2D eigenvalue weighted by Gasteiger charge is 2.39. The predicted molar refractivity (Wildman–Crippen MR) is 68.1 cm³/mol. The van der Waals surface area contributed by atoms with Gasteiger partial charge in [0.05, 0.1) is 6.26 Å². The van der Waals surface area contributed by atoms with Crippen molar-refractivity contribution in [3.63, 3.8) is 0 Å². The summed E-state index contributed by atoms with van der Waals surface area (Å²) in [6.07, 6.45) is 2.74. The van der Waals surface area contributed by atoms with Gasteiger partial charge in [0.15, 0.2) is 0 Å². The standard InChI is InChI=1S/C15H17NO/c1-12-4-2-5-13(8-12)15(10-16-11-15)9-14-6-3-7-17-14/h2-8,16H,9-11H2,1H3. The smallest absolute Gasteiger partial charge is 0.104 e. The monoisotopic (exact) mass is 227 g/mol. The molecular formula is C15H17NO.